The molecular weight excluding hydrogens is 470 g/mol. The Balaban J connectivity index is 1.21. The highest BCUT2D eigenvalue weighted by atomic mass is 16.6. The summed E-state index contributed by atoms with van der Waals surface area (Å²) in [5.41, 5.74) is 2.19. The third-order valence-electron chi connectivity index (χ3n) is 7.65. The van der Waals surface area contributed by atoms with E-state index in [1.807, 2.05) is 24.3 Å². The van der Waals surface area contributed by atoms with E-state index in [-0.39, 0.29) is 22.6 Å². The van der Waals surface area contributed by atoms with Gasteiger partial charge in [-0.2, -0.15) is 0 Å². The Morgan fingerprint density at radius 3 is 2.70 bits per heavy atom. The minimum absolute atomic E-state index is 0.0656. The van der Waals surface area contributed by atoms with Gasteiger partial charge in [-0.05, 0) is 62.6 Å². The summed E-state index contributed by atoms with van der Waals surface area (Å²) in [5.74, 6) is 0.866. The van der Waals surface area contributed by atoms with E-state index in [1.54, 1.807) is 18.2 Å². The Labute approximate surface area is 217 Å². The molecule has 0 radical (unpaired) electrons. The molecular formula is C28H35N5O4. The zero-order valence-corrected chi connectivity index (χ0v) is 21.3. The number of nitro groups is 1. The molecule has 3 aromatic rings. The first-order valence-electron chi connectivity index (χ1n) is 13.2. The van der Waals surface area contributed by atoms with E-state index in [4.69, 9.17) is 4.42 Å². The summed E-state index contributed by atoms with van der Waals surface area (Å²) in [6, 6.07) is 15.0. The van der Waals surface area contributed by atoms with Gasteiger partial charge in [0.1, 0.15) is 5.76 Å². The van der Waals surface area contributed by atoms with Crippen LogP contribution >= 0.6 is 0 Å². The summed E-state index contributed by atoms with van der Waals surface area (Å²) in [7, 11) is 0. The topological polar surface area (TPSA) is 96.8 Å². The van der Waals surface area contributed by atoms with Crippen LogP contribution in [0.2, 0.25) is 0 Å². The number of nitrogens with one attached hydrogen (secondary N) is 1. The molecule has 196 valence electrons. The molecule has 2 atom stereocenters. The van der Waals surface area contributed by atoms with Crippen molar-refractivity contribution in [2.24, 2.45) is 0 Å². The van der Waals surface area contributed by atoms with Gasteiger partial charge in [0.05, 0.1) is 17.5 Å². The first kappa shape index (κ1) is 25.2. The van der Waals surface area contributed by atoms with E-state index >= 15 is 0 Å². The Kier molecular flexibility index (Phi) is 7.71. The minimum atomic E-state index is -0.380. The molecule has 9 heteroatoms. The first-order valence-corrected chi connectivity index (χ1v) is 13.2. The van der Waals surface area contributed by atoms with Gasteiger partial charge in [-0.1, -0.05) is 18.6 Å². The van der Waals surface area contributed by atoms with Crippen LogP contribution in [0.25, 0.3) is 0 Å². The van der Waals surface area contributed by atoms with Crippen molar-refractivity contribution in [3.63, 3.8) is 0 Å². The predicted octanol–water partition coefficient (Wildman–Crippen LogP) is 4.59. The third-order valence-corrected chi connectivity index (χ3v) is 7.65. The summed E-state index contributed by atoms with van der Waals surface area (Å²) in [6.45, 7) is 7.24. The number of carbonyl (C=O) groups is 1. The normalized spacial score (nSPS) is 20.5. The van der Waals surface area contributed by atoms with Gasteiger partial charge in [0, 0.05) is 56.2 Å². The summed E-state index contributed by atoms with van der Waals surface area (Å²) in [5, 5.41) is 14.1. The standard InChI is InChI=1S/C28H35N5O4/c1-21-6-2-3-15-30(21)17-5-14-29-28(34)26-13-12-24(37-26)20-32-19-18-31-16-4-7-25(31)27(32)22-8-10-23(11-9-22)33(35)36/h4,7-13,16,21,27H,2-3,5-6,14-15,17-20H2,1H3,(H,29,34). The molecule has 2 unspecified atom stereocenters. The van der Waals surface area contributed by atoms with Gasteiger partial charge >= 0.3 is 0 Å². The van der Waals surface area contributed by atoms with Gasteiger partial charge in [0.15, 0.2) is 5.76 Å². The van der Waals surface area contributed by atoms with Gasteiger partial charge in [-0.3, -0.25) is 19.8 Å². The number of likely N-dealkylation sites (tertiary alicyclic amines) is 1. The van der Waals surface area contributed by atoms with Crippen LogP contribution in [0, 0.1) is 10.1 Å². The SMILES string of the molecule is CC1CCCCN1CCCNC(=O)c1ccc(CN2CCn3cccc3C2c2ccc([N+](=O)[O-])cc2)o1. The van der Waals surface area contributed by atoms with Crippen LogP contribution in [0.1, 0.15) is 66.2 Å². The lowest BCUT2D eigenvalue weighted by atomic mass is 9.99. The summed E-state index contributed by atoms with van der Waals surface area (Å²) < 4.78 is 8.17. The molecule has 5 rings (SSSR count). The summed E-state index contributed by atoms with van der Waals surface area (Å²) in [6.07, 6.45) is 6.82. The number of amides is 1. The number of benzene rings is 1. The Morgan fingerprint density at radius 1 is 1.08 bits per heavy atom. The maximum absolute atomic E-state index is 12.7. The number of rotatable bonds is 9. The van der Waals surface area contributed by atoms with E-state index in [0.717, 1.165) is 49.6 Å². The van der Waals surface area contributed by atoms with Crippen LogP contribution in [-0.2, 0) is 13.1 Å². The second-order valence-corrected chi connectivity index (χ2v) is 10.1. The Morgan fingerprint density at radius 2 is 1.92 bits per heavy atom. The van der Waals surface area contributed by atoms with Crippen LogP contribution in [0.4, 0.5) is 5.69 Å². The monoisotopic (exact) mass is 505 g/mol. The van der Waals surface area contributed by atoms with E-state index in [1.165, 1.54) is 19.3 Å². The number of hydrogen-bond donors (Lipinski definition) is 1. The zero-order chi connectivity index (χ0) is 25.8. The molecule has 2 aliphatic rings. The molecule has 1 N–H and O–H groups in total. The van der Waals surface area contributed by atoms with Crippen molar-refractivity contribution in [3.8, 4) is 0 Å². The highest BCUT2D eigenvalue weighted by Crippen LogP contribution is 2.34. The number of nitrogens with zero attached hydrogens (tertiary/aromatic N) is 4. The predicted molar refractivity (Wildman–Crippen MR) is 140 cm³/mol. The maximum Gasteiger partial charge on any atom is 0.286 e. The fourth-order valence-corrected chi connectivity index (χ4v) is 5.61. The van der Waals surface area contributed by atoms with Crippen molar-refractivity contribution in [1.29, 1.82) is 0 Å². The molecule has 0 spiro atoms. The number of hydrogen-bond acceptors (Lipinski definition) is 6. The van der Waals surface area contributed by atoms with Gasteiger partial charge in [0.25, 0.3) is 11.6 Å². The average molecular weight is 506 g/mol. The van der Waals surface area contributed by atoms with E-state index in [2.05, 4.69) is 38.9 Å². The largest absolute Gasteiger partial charge is 0.455 e. The van der Waals surface area contributed by atoms with Gasteiger partial charge in [-0.15, -0.1) is 0 Å². The second kappa shape index (κ2) is 11.3. The average Bonchev–Trinajstić information content (AvgIpc) is 3.57. The van der Waals surface area contributed by atoms with Crippen molar-refractivity contribution >= 4 is 11.6 Å². The maximum atomic E-state index is 12.7. The van der Waals surface area contributed by atoms with E-state index in [9.17, 15) is 14.9 Å². The quantitative estimate of drug-likeness (QED) is 0.260. The second-order valence-electron chi connectivity index (χ2n) is 10.1. The molecule has 1 saturated heterocycles. The van der Waals surface area contributed by atoms with Gasteiger partial charge in [0.2, 0.25) is 0 Å². The number of non-ortho nitro benzene ring substituents is 1. The fraction of sp³-hybridized carbons (Fsp3) is 0.464. The lowest BCUT2D eigenvalue weighted by Crippen LogP contribution is -2.39. The molecule has 4 heterocycles. The highest BCUT2D eigenvalue weighted by molar-refractivity contribution is 5.91. The molecule has 0 bridgehead atoms. The number of aromatic nitrogens is 1. The lowest BCUT2D eigenvalue weighted by Gasteiger charge is -2.36. The third kappa shape index (κ3) is 5.78. The van der Waals surface area contributed by atoms with E-state index < -0.39 is 0 Å². The zero-order valence-electron chi connectivity index (χ0n) is 21.3. The summed E-state index contributed by atoms with van der Waals surface area (Å²) in [4.78, 5) is 28.2. The fourth-order valence-electron chi connectivity index (χ4n) is 5.61. The molecule has 0 aliphatic carbocycles. The summed E-state index contributed by atoms with van der Waals surface area (Å²) >= 11 is 0. The number of piperidine rings is 1. The van der Waals surface area contributed by atoms with Crippen molar-refractivity contribution in [1.82, 2.24) is 19.7 Å². The molecule has 9 nitrogen and oxygen atoms in total. The van der Waals surface area contributed by atoms with Crippen LogP contribution in [0.15, 0.2) is 59.1 Å². The smallest absolute Gasteiger partial charge is 0.286 e. The van der Waals surface area contributed by atoms with Gasteiger partial charge in [-0.25, -0.2) is 0 Å². The van der Waals surface area contributed by atoms with Crippen LogP contribution in [-0.4, -0.2) is 57.4 Å². The van der Waals surface area contributed by atoms with Crippen LogP contribution in [0.3, 0.4) is 0 Å². The number of fused-ring (bicyclic) bond motifs is 1. The van der Waals surface area contributed by atoms with Crippen molar-refractivity contribution in [3.05, 3.63) is 87.6 Å². The molecule has 1 amide bonds. The number of nitro benzene ring substituents is 1. The Hall–Kier alpha value is -3.43. The van der Waals surface area contributed by atoms with Gasteiger partial charge < -0.3 is 19.2 Å². The van der Waals surface area contributed by atoms with E-state index in [0.29, 0.717) is 24.9 Å². The molecule has 2 aliphatic heterocycles. The lowest BCUT2D eigenvalue weighted by molar-refractivity contribution is -0.384. The molecule has 1 aromatic carbocycles. The first-order chi connectivity index (χ1) is 18.0. The van der Waals surface area contributed by atoms with Crippen molar-refractivity contribution in [2.45, 2.75) is 57.8 Å². The molecule has 1 fully saturated rings. The highest BCUT2D eigenvalue weighted by Gasteiger charge is 2.30. The number of carbonyl (C=O) groups excluding carboxylic acids is 1. The van der Waals surface area contributed by atoms with Crippen molar-refractivity contribution < 1.29 is 14.1 Å². The molecule has 2 aromatic heterocycles. The number of furan rings is 1. The van der Waals surface area contributed by atoms with Crippen LogP contribution in [0.5, 0.6) is 0 Å². The molecule has 0 saturated carbocycles. The minimum Gasteiger partial charge on any atom is -0.455 e. The van der Waals surface area contributed by atoms with Crippen LogP contribution < -0.4 is 5.32 Å². The van der Waals surface area contributed by atoms with Crippen molar-refractivity contribution in [2.75, 3.05) is 26.2 Å². The Bertz CT molecular complexity index is 1220. The molecule has 37 heavy (non-hydrogen) atoms.